The van der Waals surface area contributed by atoms with Gasteiger partial charge in [0.2, 0.25) is 6.33 Å². The Morgan fingerprint density at radius 2 is 1.75 bits per heavy atom. The summed E-state index contributed by atoms with van der Waals surface area (Å²) >= 11 is 0. The van der Waals surface area contributed by atoms with Crippen molar-refractivity contribution < 1.29 is 14.4 Å². The highest BCUT2D eigenvalue weighted by atomic mass is 16.5. The molecule has 0 bridgehead atoms. The molecule has 1 aromatic heterocycles. The van der Waals surface area contributed by atoms with Crippen LogP contribution in [0.25, 0.3) is 11.0 Å². The van der Waals surface area contributed by atoms with Gasteiger partial charge in [0.25, 0.3) is 0 Å². The second kappa shape index (κ2) is 6.65. The van der Waals surface area contributed by atoms with Crippen LogP contribution in [0.5, 0.6) is 5.75 Å². The Morgan fingerprint density at radius 1 is 1.08 bits per heavy atom. The van der Waals surface area contributed by atoms with E-state index in [1.807, 2.05) is 44.6 Å². The number of aliphatic hydroxyl groups excluding tert-OH is 1. The first-order valence-electron chi connectivity index (χ1n) is 8.27. The number of imidazole rings is 1. The molecule has 0 radical (unpaired) electrons. The van der Waals surface area contributed by atoms with Gasteiger partial charge in [0.05, 0.1) is 7.05 Å². The summed E-state index contributed by atoms with van der Waals surface area (Å²) in [7, 11) is 2.03. The number of aliphatic hydroxyl groups is 1. The molecule has 1 N–H and O–H groups in total. The quantitative estimate of drug-likeness (QED) is 0.733. The van der Waals surface area contributed by atoms with Crippen LogP contribution >= 0.6 is 0 Å². The fourth-order valence-corrected chi connectivity index (χ4v) is 2.88. The van der Waals surface area contributed by atoms with E-state index in [1.165, 1.54) is 22.2 Å². The summed E-state index contributed by atoms with van der Waals surface area (Å²) in [5.41, 5.74) is 6.03. The van der Waals surface area contributed by atoms with Crippen molar-refractivity contribution in [3.8, 4) is 5.75 Å². The first kappa shape index (κ1) is 16.5. The fourth-order valence-electron chi connectivity index (χ4n) is 2.88. The molecule has 3 aromatic rings. The minimum absolute atomic E-state index is 0.275. The molecular formula is C20H25N2O2+. The van der Waals surface area contributed by atoms with Crippen molar-refractivity contribution in [1.82, 2.24) is 4.57 Å². The van der Waals surface area contributed by atoms with Gasteiger partial charge in [-0.1, -0.05) is 17.7 Å². The lowest BCUT2D eigenvalue weighted by Crippen LogP contribution is -2.27. The van der Waals surface area contributed by atoms with Gasteiger partial charge in [-0.05, 0) is 56.2 Å². The molecule has 0 fully saturated rings. The molecule has 0 saturated heterocycles. The van der Waals surface area contributed by atoms with Crippen LogP contribution in [0.2, 0.25) is 0 Å². The van der Waals surface area contributed by atoms with Gasteiger partial charge in [0, 0.05) is 0 Å². The first-order valence-corrected chi connectivity index (χ1v) is 8.27. The van der Waals surface area contributed by atoms with Gasteiger partial charge < -0.3 is 9.84 Å². The Hall–Kier alpha value is -2.33. The predicted molar refractivity (Wildman–Crippen MR) is 95.3 cm³/mol. The van der Waals surface area contributed by atoms with E-state index < -0.39 is 6.10 Å². The average molecular weight is 325 g/mol. The van der Waals surface area contributed by atoms with Crippen LogP contribution in [0.15, 0.2) is 42.7 Å². The number of benzene rings is 2. The van der Waals surface area contributed by atoms with E-state index in [2.05, 4.69) is 35.1 Å². The maximum Gasteiger partial charge on any atom is 0.244 e. The van der Waals surface area contributed by atoms with E-state index >= 15 is 0 Å². The molecule has 1 heterocycles. The summed E-state index contributed by atoms with van der Waals surface area (Å²) in [6.07, 6.45) is 1.46. The SMILES string of the molecule is Cc1ccc(OC[C@@H](O)Cn2c[n+](C)c3cc(C)c(C)cc32)cc1. The third kappa shape index (κ3) is 3.44. The normalized spacial score (nSPS) is 12.5. The molecule has 2 aromatic carbocycles. The number of aryl methyl sites for hydroxylation is 4. The van der Waals surface area contributed by atoms with Crippen molar-refractivity contribution >= 4 is 11.0 Å². The van der Waals surface area contributed by atoms with Crippen LogP contribution in [0.4, 0.5) is 0 Å². The highest BCUT2D eigenvalue weighted by Crippen LogP contribution is 2.18. The summed E-state index contributed by atoms with van der Waals surface area (Å²) < 4.78 is 9.87. The van der Waals surface area contributed by atoms with E-state index in [0.717, 1.165) is 11.3 Å². The van der Waals surface area contributed by atoms with Crippen molar-refractivity contribution in [3.05, 3.63) is 59.4 Å². The molecule has 0 aliphatic heterocycles. The highest BCUT2D eigenvalue weighted by Gasteiger charge is 2.18. The summed E-state index contributed by atoms with van der Waals surface area (Å²) in [4.78, 5) is 0. The molecule has 126 valence electrons. The zero-order valence-electron chi connectivity index (χ0n) is 14.8. The zero-order valence-corrected chi connectivity index (χ0v) is 14.8. The van der Waals surface area contributed by atoms with Crippen LogP contribution in [0.3, 0.4) is 0 Å². The summed E-state index contributed by atoms with van der Waals surface area (Å²) in [5, 5.41) is 10.4. The Labute approximate surface area is 142 Å². The minimum Gasteiger partial charge on any atom is -0.491 e. The van der Waals surface area contributed by atoms with E-state index in [9.17, 15) is 5.11 Å². The third-order valence-corrected chi connectivity index (χ3v) is 4.46. The van der Waals surface area contributed by atoms with Crippen molar-refractivity contribution in [2.24, 2.45) is 7.05 Å². The number of fused-ring (bicyclic) bond motifs is 1. The lowest BCUT2D eigenvalue weighted by Gasteiger charge is -2.11. The van der Waals surface area contributed by atoms with Crippen LogP contribution in [-0.2, 0) is 13.6 Å². The standard InChI is InChI=1S/C20H25N2O2/c1-14-5-7-18(8-6-14)24-12-17(23)11-22-13-21(4)19-9-15(2)16(3)10-20(19)22/h5-10,13,17,23H,11-12H2,1-4H3/q+1/t17-/m0/s1. The average Bonchev–Trinajstić information content (AvgIpc) is 2.83. The fraction of sp³-hybridized carbons (Fsp3) is 0.350. The molecule has 0 amide bonds. The molecule has 0 unspecified atom stereocenters. The Kier molecular flexibility index (Phi) is 4.58. The lowest BCUT2D eigenvalue weighted by atomic mass is 10.1. The molecule has 4 nitrogen and oxygen atoms in total. The predicted octanol–water partition coefficient (Wildman–Crippen LogP) is 2.83. The van der Waals surface area contributed by atoms with Crippen LogP contribution in [-0.4, -0.2) is 22.4 Å². The Morgan fingerprint density at radius 3 is 2.46 bits per heavy atom. The van der Waals surface area contributed by atoms with E-state index in [0.29, 0.717) is 6.54 Å². The molecule has 3 rings (SSSR count). The number of nitrogens with zero attached hydrogens (tertiary/aromatic N) is 2. The highest BCUT2D eigenvalue weighted by molar-refractivity contribution is 5.74. The molecule has 24 heavy (non-hydrogen) atoms. The molecule has 0 spiro atoms. The van der Waals surface area contributed by atoms with Crippen molar-refractivity contribution in [1.29, 1.82) is 0 Å². The first-order chi connectivity index (χ1) is 11.4. The second-order valence-corrected chi connectivity index (χ2v) is 6.58. The van der Waals surface area contributed by atoms with Crippen molar-refractivity contribution in [2.45, 2.75) is 33.4 Å². The number of hydrogen-bond donors (Lipinski definition) is 1. The summed E-state index contributed by atoms with van der Waals surface area (Å²) in [5.74, 6) is 0.786. The van der Waals surface area contributed by atoms with Gasteiger partial charge in [-0.2, -0.15) is 0 Å². The van der Waals surface area contributed by atoms with Crippen molar-refractivity contribution in [3.63, 3.8) is 0 Å². The molecule has 4 heteroatoms. The second-order valence-electron chi connectivity index (χ2n) is 6.58. The number of hydrogen-bond acceptors (Lipinski definition) is 2. The van der Waals surface area contributed by atoms with Gasteiger partial charge in [-0.25, -0.2) is 9.13 Å². The number of rotatable bonds is 5. The molecular weight excluding hydrogens is 300 g/mol. The van der Waals surface area contributed by atoms with Gasteiger partial charge in [-0.3, -0.25) is 0 Å². The third-order valence-electron chi connectivity index (χ3n) is 4.46. The van der Waals surface area contributed by atoms with Gasteiger partial charge in [-0.15, -0.1) is 0 Å². The largest absolute Gasteiger partial charge is 0.491 e. The molecule has 0 aliphatic carbocycles. The van der Waals surface area contributed by atoms with Crippen molar-refractivity contribution in [2.75, 3.05) is 6.61 Å². The summed E-state index contributed by atoms with van der Waals surface area (Å²) in [6.45, 7) is 7.06. The van der Waals surface area contributed by atoms with Crippen LogP contribution in [0, 0.1) is 20.8 Å². The topological polar surface area (TPSA) is 38.3 Å². The smallest absolute Gasteiger partial charge is 0.244 e. The van der Waals surface area contributed by atoms with Gasteiger partial charge in [0.1, 0.15) is 25.0 Å². The van der Waals surface area contributed by atoms with E-state index in [4.69, 9.17) is 4.74 Å². The Bertz CT molecular complexity index is 850. The number of ether oxygens (including phenoxy) is 1. The molecule has 0 aliphatic rings. The van der Waals surface area contributed by atoms with Gasteiger partial charge in [0.15, 0.2) is 11.0 Å². The maximum absolute atomic E-state index is 10.4. The summed E-state index contributed by atoms with van der Waals surface area (Å²) in [6, 6.07) is 12.2. The van der Waals surface area contributed by atoms with Crippen LogP contribution in [0.1, 0.15) is 16.7 Å². The molecule has 0 saturated carbocycles. The number of aromatic nitrogens is 2. The Balaban J connectivity index is 1.72. The molecule has 1 atom stereocenters. The van der Waals surface area contributed by atoms with Gasteiger partial charge >= 0.3 is 0 Å². The van der Waals surface area contributed by atoms with E-state index in [1.54, 1.807) is 0 Å². The maximum atomic E-state index is 10.4. The lowest BCUT2D eigenvalue weighted by molar-refractivity contribution is -0.645. The monoisotopic (exact) mass is 325 g/mol. The van der Waals surface area contributed by atoms with E-state index in [-0.39, 0.29) is 6.61 Å². The minimum atomic E-state index is -0.566. The van der Waals surface area contributed by atoms with Crippen LogP contribution < -0.4 is 9.30 Å². The zero-order chi connectivity index (χ0) is 17.3.